The molecular weight excluding hydrogens is 268 g/mol. The van der Waals surface area contributed by atoms with Crippen molar-refractivity contribution >= 4 is 22.8 Å². The molecule has 1 rings (SSSR count). The van der Waals surface area contributed by atoms with E-state index < -0.39 is 16.8 Å². The Kier molecular flexibility index (Phi) is 6.27. The van der Waals surface area contributed by atoms with E-state index in [0.29, 0.717) is 13.0 Å². The van der Waals surface area contributed by atoms with E-state index >= 15 is 0 Å². The lowest BCUT2D eigenvalue weighted by Gasteiger charge is -2.22. The summed E-state index contributed by atoms with van der Waals surface area (Å²) in [4.78, 5) is 24.1. The maximum absolute atomic E-state index is 11.9. The Hall–Kier alpha value is -1.11. The number of hydrogen-bond donors (Lipinski definition) is 2. The summed E-state index contributed by atoms with van der Waals surface area (Å²) in [5.74, 6) is -0.895. The van der Waals surface area contributed by atoms with Crippen molar-refractivity contribution in [2.24, 2.45) is 0 Å². The van der Waals surface area contributed by atoms with Gasteiger partial charge in [0.2, 0.25) is 0 Å². The Balaban J connectivity index is 2.32. The van der Waals surface area contributed by atoms with E-state index in [4.69, 9.17) is 5.11 Å². The average Bonchev–Trinajstić information content (AvgIpc) is 3.13. The van der Waals surface area contributed by atoms with E-state index in [0.717, 1.165) is 12.8 Å². The fraction of sp³-hybridized carbons (Fsp3) is 0.833. The Bertz CT molecular complexity index is 358. The van der Waals surface area contributed by atoms with Gasteiger partial charge in [-0.3, -0.25) is 9.00 Å². The largest absolute Gasteiger partial charge is 0.481 e. The molecule has 0 aromatic rings. The number of carboxylic acid groups (broad SMARTS) is 1. The molecule has 2 unspecified atom stereocenters. The number of carbonyl (C=O) groups excluding carboxylic acids is 1. The third-order valence-corrected chi connectivity index (χ3v) is 4.58. The lowest BCUT2D eigenvalue weighted by molar-refractivity contribution is -0.137. The first-order valence-electron chi connectivity index (χ1n) is 6.50. The first-order chi connectivity index (χ1) is 8.91. The quantitative estimate of drug-likeness (QED) is 0.692. The molecule has 0 aromatic carbocycles. The highest BCUT2D eigenvalue weighted by molar-refractivity contribution is 7.84. The van der Waals surface area contributed by atoms with Gasteiger partial charge in [-0.1, -0.05) is 6.92 Å². The van der Waals surface area contributed by atoms with Crippen molar-refractivity contribution in [3.05, 3.63) is 0 Å². The van der Waals surface area contributed by atoms with Crippen molar-refractivity contribution in [1.82, 2.24) is 10.2 Å². The molecule has 1 aliphatic carbocycles. The molecular formula is C12H22N2O4S. The standard InChI is InChI=1S/C12H22N2O4S/c1-9(19(2)18)5-7-13-12(17)14(10-3-4-10)8-6-11(15)16/h9-10H,3-8H2,1-2H3,(H,13,17)(H,15,16). The first kappa shape index (κ1) is 15.9. The van der Waals surface area contributed by atoms with Crippen molar-refractivity contribution in [3.8, 4) is 0 Å². The molecule has 1 aliphatic rings. The van der Waals surface area contributed by atoms with Crippen LogP contribution in [0, 0.1) is 0 Å². The molecule has 0 saturated heterocycles. The van der Waals surface area contributed by atoms with Gasteiger partial charge in [0, 0.05) is 41.4 Å². The number of hydrogen-bond acceptors (Lipinski definition) is 3. The van der Waals surface area contributed by atoms with E-state index in [1.165, 1.54) is 0 Å². The number of aliphatic carboxylic acids is 1. The molecule has 0 heterocycles. The molecule has 110 valence electrons. The lowest BCUT2D eigenvalue weighted by Crippen LogP contribution is -2.43. The summed E-state index contributed by atoms with van der Waals surface area (Å²) in [7, 11) is -0.884. The van der Waals surface area contributed by atoms with Crippen LogP contribution in [-0.2, 0) is 15.6 Å². The minimum Gasteiger partial charge on any atom is -0.481 e. The van der Waals surface area contributed by atoms with Crippen molar-refractivity contribution < 1.29 is 18.9 Å². The molecule has 0 spiro atoms. The van der Waals surface area contributed by atoms with Crippen LogP contribution in [0.2, 0.25) is 0 Å². The zero-order chi connectivity index (χ0) is 14.4. The summed E-state index contributed by atoms with van der Waals surface area (Å²) in [5.41, 5.74) is 0. The van der Waals surface area contributed by atoms with E-state index in [2.05, 4.69) is 5.32 Å². The fourth-order valence-electron chi connectivity index (χ4n) is 1.70. The minimum atomic E-state index is -0.895. The molecule has 2 N–H and O–H groups in total. The van der Waals surface area contributed by atoms with Crippen LogP contribution in [0.15, 0.2) is 0 Å². The Morgan fingerprint density at radius 2 is 2.11 bits per heavy atom. The van der Waals surface area contributed by atoms with Crippen LogP contribution < -0.4 is 5.32 Å². The van der Waals surface area contributed by atoms with Gasteiger partial charge in [0.15, 0.2) is 0 Å². The van der Waals surface area contributed by atoms with Gasteiger partial charge in [-0.25, -0.2) is 4.79 Å². The molecule has 1 fully saturated rings. The second-order valence-electron chi connectivity index (χ2n) is 4.90. The molecule has 2 atom stereocenters. The SMILES string of the molecule is CC(CCNC(=O)N(CCC(=O)O)C1CC1)S(C)=O. The summed E-state index contributed by atoms with van der Waals surface area (Å²) in [6.45, 7) is 2.60. The van der Waals surface area contributed by atoms with E-state index in [-0.39, 0.29) is 30.3 Å². The second kappa shape index (κ2) is 7.47. The molecule has 0 aromatic heterocycles. The van der Waals surface area contributed by atoms with Gasteiger partial charge in [-0.05, 0) is 19.3 Å². The van der Waals surface area contributed by atoms with Gasteiger partial charge in [0.1, 0.15) is 0 Å². The Morgan fingerprint density at radius 3 is 2.58 bits per heavy atom. The van der Waals surface area contributed by atoms with Crippen molar-refractivity contribution in [3.63, 3.8) is 0 Å². The molecule has 0 radical (unpaired) electrons. The molecule has 7 heteroatoms. The zero-order valence-electron chi connectivity index (χ0n) is 11.4. The third-order valence-electron chi connectivity index (χ3n) is 3.21. The zero-order valence-corrected chi connectivity index (χ0v) is 12.2. The highest BCUT2D eigenvalue weighted by Gasteiger charge is 2.32. The van der Waals surface area contributed by atoms with Gasteiger partial charge < -0.3 is 15.3 Å². The minimum absolute atomic E-state index is 0.0285. The average molecular weight is 290 g/mol. The van der Waals surface area contributed by atoms with E-state index in [1.54, 1.807) is 11.2 Å². The van der Waals surface area contributed by atoms with E-state index in [9.17, 15) is 13.8 Å². The summed E-state index contributed by atoms with van der Waals surface area (Å²) < 4.78 is 11.2. The van der Waals surface area contributed by atoms with Crippen LogP contribution in [0.1, 0.15) is 32.6 Å². The molecule has 6 nitrogen and oxygen atoms in total. The van der Waals surface area contributed by atoms with Crippen molar-refractivity contribution in [2.45, 2.75) is 43.9 Å². The maximum Gasteiger partial charge on any atom is 0.317 e. The normalized spacial score (nSPS) is 17.6. The molecule has 1 saturated carbocycles. The number of carbonyl (C=O) groups is 2. The molecule has 0 aliphatic heterocycles. The van der Waals surface area contributed by atoms with Crippen LogP contribution in [0.25, 0.3) is 0 Å². The maximum atomic E-state index is 11.9. The summed E-state index contributed by atoms with van der Waals surface area (Å²) in [5, 5.41) is 11.5. The fourth-order valence-corrected chi connectivity index (χ4v) is 2.15. The highest BCUT2D eigenvalue weighted by atomic mass is 32.2. The highest BCUT2D eigenvalue weighted by Crippen LogP contribution is 2.26. The first-order valence-corrected chi connectivity index (χ1v) is 8.12. The number of nitrogens with one attached hydrogen (secondary N) is 1. The number of carboxylic acids is 1. The number of urea groups is 1. The monoisotopic (exact) mass is 290 g/mol. The Morgan fingerprint density at radius 1 is 1.47 bits per heavy atom. The van der Waals surface area contributed by atoms with Crippen molar-refractivity contribution in [2.75, 3.05) is 19.3 Å². The molecule has 19 heavy (non-hydrogen) atoms. The van der Waals surface area contributed by atoms with Crippen LogP contribution in [0.4, 0.5) is 4.79 Å². The topological polar surface area (TPSA) is 86.7 Å². The predicted molar refractivity (Wildman–Crippen MR) is 73.5 cm³/mol. The van der Waals surface area contributed by atoms with Crippen LogP contribution in [-0.4, -0.2) is 56.9 Å². The smallest absolute Gasteiger partial charge is 0.317 e. The van der Waals surface area contributed by atoms with Gasteiger partial charge in [0.25, 0.3) is 0 Å². The number of nitrogens with zero attached hydrogens (tertiary/aromatic N) is 1. The van der Waals surface area contributed by atoms with Crippen LogP contribution in [0.3, 0.4) is 0 Å². The second-order valence-corrected chi connectivity index (χ2v) is 6.70. The summed E-state index contributed by atoms with van der Waals surface area (Å²) in [6, 6.07) is -0.0186. The predicted octanol–water partition coefficient (Wildman–Crippen LogP) is 0.792. The molecule has 2 amide bonds. The summed E-state index contributed by atoms with van der Waals surface area (Å²) >= 11 is 0. The molecule has 0 bridgehead atoms. The van der Waals surface area contributed by atoms with Crippen LogP contribution >= 0.6 is 0 Å². The summed E-state index contributed by atoms with van der Waals surface area (Å²) in [6.07, 6.45) is 4.17. The van der Waals surface area contributed by atoms with Gasteiger partial charge in [0.05, 0.1) is 6.42 Å². The van der Waals surface area contributed by atoms with Crippen molar-refractivity contribution in [1.29, 1.82) is 0 Å². The third kappa shape index (κ3) is 6.04. The van der Waals surface area contributed by atoms with Gasteiger partial charge in [-0.15, -0.1) is 0 Å². The number of amides is 2. The van der Waals surface area contributed by atoms with Crippen LogP contribution in [0.5, 0.6) is 0 Å². The van der Waals surface area contributed by atoms with Gasteiger partial charge >= 0.3 is 12.0 Å². The lowest BCUT2D eigenvalue weighted by atomic mass is 10.3. The van der Waals surface area contributed by atoms with Gasteiger partial charge in [-0.2, -0.15) is 0 Å². The van der Waals surface area contributed by atoms with E-state index in [1.807, 2.05) is 6.92 Å². The Labute approximate surface area is 116 Å². The number of rotatable bonds is 8.